The summed E-state index contributed by atoms with van der Waals surface area (Å²) in [6.07, 6.45) is 4.16. The number of ether oxygens (including phenoxy) is 2. The minimum absolute atomic E-state index is 0.141. The van der Waals surface area contributed by atoms with Gasteiger partial charge in [0.25, 0.3) is 5.91 Å². The van der Waals surface area contributed by atoms with Crippen molar-refractivity contribution in [3.8, 4) is 22.1 Å². The average molecular weight is 479 g/mol. The Bertz CT molecular complexity index is 1250. The van der Waals surface area contributed by atoms with Crippen LogP contribution in [0.2, 0.25) is 0 Å². The van der Waals surface area contributed by atoms with Gasteiger partial charge in [-0.05, 0) is 49.4 Å². The van der Waals surface area contributed by atoms with Crippen LogP contribution in [0.3, 0.4) is 0 Å². The van der Waals surface area contributed by atoms with Gasteiger partial charge in [0.05, 0.1) is 11.4 Å². The Morgan fingerprint density at radius 2 is 1.94 bits per heavy atom. The highest BCUT2D eigenvalue weighted by Gasteiger charge is 2.49. The zero-order valence-corrected chi connectivity index (χ0v) is 19.8. The van der Waals surface area contributed by atoms with Gasteiger partial charge in [0, 0.05) is 17.8 Å². The first-order chi connectivity index (χ1) is 16.5. The van der Waals surface area contributed by atoms with Crippen molar-refractivity contribution in [1.29, 1.82) is 0 Å². The predicted molar refractivity (Wildman–Crippen MR) is 129 cm³/mol. The van der Waals surface area contributed by atoms with Crippen molar-refractivity contribution >= 4 is 28.8 Å². The molecule has 3 aromatic rings. The van der Waals surface area contributed by atoms with Crippen molar-refractivity contribution in [2.45, 2.75) is 50.7 Å². The van der Waals surface area contributed by atoms with Gasteiger partial charge in [-0.1, -0.05) is 18.9 Å². The normalized spacial score (nSPS) is 22.0. The maximum atomic E-state index is 13.9. The zero-order chi connectivity index (χ0) is 23.3. The standard InChI is InChI=1S/C25H26N4O4S/c1-25(24(31)26-16-5-2-3-6-16)15-28-19(14-18(27-28)22-7-4-12-34-22)23(30)29(25)17-8-9-20-21(13-17)33-11-10-32-20/h4,7-9,12-14,16H,2-3,5-6,10-11,15H2,1H3,(H,26,31). The third-order valence-corrected chi connectivity index (χ3v) is 7.78. The maximum Gasteiger partial charge on any atom is 0.277 e. The Balaban J connectivity index is 1.43. The lowest BCUT2D eigenvalue weighted by molar-refractivity contribution is -0.127. The first-order valence-corrected chi connectivity index (χ1v) is 12.6. The molecular weight excluding hydrogens is 452 g/mol. The van der Waals surface area contributed by atoms with Crippen LogP contribution < -0.4 is 19.7 Å². The van der Waals surface area contributed by atoms with Gasteiger partial charge in [-0.3, -0.25) is 19.2 Å². The lowest BCUT2D eigenvalue weighted by atomic mass is 9.93. The minimum Gasteiger partial charge on any atom is -0.486 e. The molecule has 0 bridgehead atoms. The monoisotopic (exact) mass is 478 g/mol. The number of fused-ring (bicyclic) bond motifs is 2. The number of hydrogen-bond acceptors (Lipinski definition) is 6. The van der Waals surface area contributed by atoms with Crippen LogP contribution >= 0.6 is 11.3 Å². The Morgan fingerprint density at radius 3 is 2.71 bits per heavy atom. The zero-order valence-electron chi connectivity index (χ0n) is 19.0. The van der Waals surface area contributed by atoms with E-state index in [2.05, 4.69) is 5.32 Å². The minimum atomic E-state index is -1.16. The molecule has 8 nitrogen and oxygen atoms in total. The lowest BCUT2D eigenvalue weighted by Crippen LogP contribution is -2.65. The van der Waals surface area contributed by atoms with Gasteiger partial charge in [0.2, 0.25) is 5.91 Å². The highest BCUT2D eigenvalue weighted by molar-refractivity contribution is 7.13. The molecule has 0 radical (unpaired) electrons. The van der Waals surface area contributed by atoms with Crippen LogP contribution in [-0.2, 0) is 11.3 Å². The molecule has 1 aliphatic carbocycles. The molecule has 1 atom stereocenters. The molecule has 2 amide bonds. The number of nitrogens with zero attached hydrogens (tertiary/aromatic N) is 3. The van der Waals surface area contributed by atoms with E-state index in [1.807, 2.05) is 36.6 Å². The summed E-state index contributed by atoms with van der Waals surface area (Å²) in [4.78, 5) is 30.3. The molecule has 0 spiro atoms. The number of carbonyl (C=O) groups is 2. The van der Waals surface area contributed by atoms with Crippen molar-refractivity contribution in [1.82, 2.24) is 15.1 Å². The van der Waals surface area contributed by atoms with Crippen LogP contribution in [-0.4, -0.2) is 46.4 Å². The molecule has 0 saturated heterocycles. The van der Waals surface area contributed by atoms with E-state index in [-0.39, 0.29) is 24.4 Å². The predicted octanol–water partition coefficient (Wildman–Crippen LogP) is 3.86. The van der Waals surface area contributed by atoms with E-state index in [1.54, 1.807) is 33.1 Å². The lowest BCUT2D eigenvalue weighted by Gasteiger charge is -2.43. The van der Waals surface area contributed by atoms with Crippen LogP contribution in [0.1, 0.15) is 43.1 Å². The summed E-state index contributed by atoms with van der Waals surface area (Å²) in [5, 5.41) is 9.90. The van der Waals surface area contributed by atoms with Gasteiger partial charge < -0.3 is 14.8 Å². The smallest absolute Gasteiger partial charge is 0.277 e. The van der Waals surface area contributed by atoms with Gasteiger partial charge in [0.15, 0.2) is 11.5 Å². The number of carbonyl (C=O) groups excluding carboxylic acids is 2. The van der Waals surface area contributed by atoms with E-state index in [0.717, 1.165) is 36.3 Å². The summed E-state index contributed by atoms with van der Waals surface area (Å²) in [6, 6.07) is 11.3. The van der Waals surface area contributed by atoms with E-state index >= 15 is 0 Å². The van der Waals surface area contributed by atoms with E-state index in [1.165, 1.54) is 0 Å². The van der Waals surface area contributed by atoms with E-state index in [0.29, 0.717) is 36.1 Å². The number of anilines is 1. The van der Waals surface area contributed by atoms with Crippen LogP contribution in [0.5, 0.6) is 11.5 Å². The molecule has 1 fully saturated rings. The molecule has 1 aromatic carbocycles. The molecule has 6 rings (SSSR count). The summed E-state index contributed by atoms with van der Waals surface area (Å²) in [5.41, 5.74) is 0.642. The van der Waals surface area contributed by atoms with Crippen LogP contribution in [0.15, 0.2) is 41.8 Å². The molecule has 1 saturated carbocycles. The highest BCUT2D eigenvalue weighted by Crippen LogP contribution is 2.40. The topological polar surface area (TPSA) is 85.7 Å². The van der Waals surface area contributed by atoms with Crippen molar-refractivity contribution in [2.24, 2.45) is 0 Å². The largest absolute Gasteiger partial charge is 0.486 e. The molecule has 4 heterocycles. The molecule has 9 heteroatoms. The van der Waals surface area contributed by atoms with Gasteiger partial charge >= 0.3 is 0 Å². The molecule has 2 aliphatic heterocycles. The van der Waals surface area contributed by atoms with Crippen molar-refractivity contribution < 1.29 is 19.1 Å². The van der Waals surface area contributed by atoms with Crippen molar-refractivity contribution in [3.05, 3.63) is 47.5 Å². The molecule has 176 valence electrons. The summed E-state index contributed by atoms with van der Waals surface area (Å²) >= 11 is 1.57. The number of amides is 2. The Hall–Kier alpha value is -3.33. The number of nitrogens with one attached hydrogen (secondary N) is 1. The number of rotatable bonds is 4. The maximum absolute atomic E-state index is 13.9. The van der Waals surface area contributed by atoms with Crippen molar-refractivity contribution in [2.75, 3.05) is 18.1 Å². The third kappa shape index (κ3) is 3.46. The number of hydrogen-bond donors (Lipinski definition) is 1. The summed E-state index contributed by atoms with van der Waals surface area (Å²) in [6.45, 7) is 3.01. The summed E-state index contributed by atoms with van der Waals surface area (Å²) < 4.78 is 13.1. The number of thiophene rings is 1. The SMILES string of the molecule is CC1(C(=O)NC2CCCC2)Cn2nc(-c3cccs3)cc2C(=O)N1c1ccc2c(c1)OCCO2. The Morgan fingerprint density at radius 1 is 1.15 bits per heavy atom. The number of aromatic nitrogens is 2. The average Bonchev–Trinajstić information content (AvgIpc) is 3.61. The first kappa shape index (κ1) is 21.2. The van der Waals surface area contributed by atoms with E-state index in [9.17, 15) is 9.59 Å². The van der Waals surface area contributed by atoms with Crippen LogP contribution in [0, 0.1) is 0 Å². The van der Waals surface area contributed by atoms with Gasteiger partial charge in [0.1, 0.15) is 30.1 Å². The van der Waals surface area contributed by atoms with Crippen molar-refractivity contribution in [3.63, 3.8) is 0 Å². The molecule has 34 heavy (non-hydrogen) atoms. The van der Waals surface area contributed by atoms with Gasteiger partial charge in [-0.25, -0.2) is 0 Å². The highest BCUT2D eigenvalue weighted by atomic mass is 32.1. The number of benzene rings is 1. The van der Waals surface area contributed by atoms with E-state index < -0.39 is 5.54 Å². The van der Waals surface area contributed by atoms with Gasteiger partial charge in [-0.15, -0.1) is 11.3 Å². The first-order valence-electron chi connectivity index (χ1n) is 11.7. The van der Waals surface area contributed by atoms with Gasteiger partial charge in [-0.2, -0.15) is 5.10 Å². The molecule has 1 N–H and O–H groups in total. The second-order valence-electron chi connectivity index (χ2n) is 9.25. The Labute approximate surface area is 201 Å². The quantitative estimate of drug-likeness (QED) is 0.616. The molecular formula is C25H26N4O4S. The fraction of sp³-hybridized carbons (Fsp3) is 0.400. The second kappa shape index (κ2) is 8.16. The summed E-state index contributed by atoms with van der Waals surface area (Å²) in [5.74, 6) is 0.791. The summed E-state index contributed by atoms with van der Waals surface area (Å²) in [7, 11) is 0. The third-order valence-electron chi connectivity index (χ3n) is 6.89. The van der Waals surface area contributed by atoms with Crippen LogP contribution in [0.25, 0.3) is 10.6 Å². The van der Waals surface area contributed by atoms with Crippen LogP contribution in [0.4, 0.5) is 5.69 Å². The second-order valence-corrected chi connectivity index (χ2v) is 10.2. The molecule has 1 unspecified atom stereocenters. The Kier molecular flexibility index (Phi) is 5.09. The fourth-order valence-electron chi connectivity index (χ4n) is 5.11. The fourth-order valence-corrected chi connectivity index (χ4v) is 5.79. The van der Waals surface area contributed by atoms with E-state index in [4.69, 9.17) is 14.6 Å². The molecule has 2 aromatic heterocycles. The molecule has 3 aliphatic rings.